The Morgan fingerprint density at radius 3 is 2.61 bits per heavy atom. The van der Waals surface area contributed by atoms with Crippen LogP contribution in [0.4, 0.5) is 11.4 Å². The molecule has 100 valence electrons. The lowest BCUT2D eigenvalue weighted by Gasteiger charge is -2.26. The highest BCUT2D eigenvalue weighted by molar-refractivity contribution is 7.90. The molecule has 18 heavy (non-hydrogen) atoms. The van der Waals surface area contributed by atoms with Gasteiger partial charge in [0.25, 0.3) is 0 Å². The van der Waals surface area contributed by atoms with Crippen LogP contribution in [0.1, 0.15) is 5.56 Å². The van der Waals surface area contributed by atoms with Crippen LogP contribution < -0.4 is 10.5 Å². The zero-order chi connectivity index (χ0) is 13.2. The number of hydrogen-bond donors (Lipinski definition) is 2. The maximum absolute atomic E-state index is 12.1. The minimum Gasteiger partial charge on any atom is -0.399 e. The summed E-state index contributed by atoms with van der Waals surface area (Å²) in [5.74, 6) is 0. The summed E-state index contributed by atoms with van der Waals surface area (Å²) in [5.41, 5.74) is 7.59. The standard InChI is InChI=1S/C11H17N3O3S/c1-9-8-10(12)2-3-11(9)13-18(15,16)14-4-6-17-7-5-14/h2-3,8,13H,4-7,12H2,1H3. The van der Waals surface area contributed by atoms with Gasteiger partial charge in [-0.2, -0.15) is 12.7 Å². The molecule has 0 unspecified atom stereocenters. The number of nitrogen functional groups attached to an aromatic ring is 1. The number of hydrogen-bond acceptors (Lipinski definition) is 4. The highest BCUT2D eigenvalue weighted by Gasteiger charge is 2.24. The molecule has 0 amide bonds. The van der Waals surface area contributed by atoms with E-state index in [1.165, 1.54) is 4.31 Å². The Labute approximate surface area is 107 Å². The van der Waals surface area contributed by atoms with Gasteiger partial charge in [0.2, 0.25) is 0 Å². The summed E-state index contributed by atoms with van der Waals surface area (Å²) in [4.78, 5) is 0. The van der Waals surface area contributed by atoms with Crippen molar-refractivity contribution in [3.63, 3.8) is 0 Å². The number of nitrogens with one attached hydrogen (secondary N) is 1. The van der Waals surface area contributed by atoms with Gasteiger partial charge in [-0.25, -0.2) is 0 Å². The SMILES string of the molecule is Cc1cc(N)ccc1NS(=O)(=O)N1CCOCC1. The summed E-state index contributed by atoms with van der Waals surface area (Å²) >= 11 is 0. The summed E-state index contributed by atoms with van der Waals surface area (Å²) in [5, 5.41) is 0. The molecule has 1 aliphatic heterocycles. The summed E-state index contributed by atoms with van der Waals surface area (Å²) in [7, 11) is -3.51. The second kappa shape index (κ2) is 5.13. The predicted octanol–water partition coefficient (Wildman–Crippen LogP) is 0.566. The van der Waals surface area contributed by atoms with Gasteiger partial charge in [-0.15, -0.1) is 0 Å². The zero-order valence-corrected chi connectivity index (χ0v) is 11.0. The first-order valence-corrected chi connectivity index (χ1v) is 7.15. The van der Waals surface area contributed by atoms with E-state index in [0.29, 0.717) is 37.7 Å². The number of nitrogens with two attached hydrogens (primary N) is 1. The molecule has 6 nitrogen and oxygen atoms in total. The molecule has 0 aliphatic carbocycles. The van der Waals surface area contributed by atoms with Gasteiger partial charge < -0.3 is 10.5 Å². The lowest BCUT2D eigenvalue weighted by atomic mass is 10.2. The number of nitrogens with zero attached hydrogens (tertiary/aromatic N) is 1. The Morgan fingerprint density at radius 2 is 2.00 bits per heavy atom. The Kier molecular flexibility index (Phi) is 3.74. The van der Waals surface area contributed by atoms with Crippen LogP contribution in [0, 0.1) is 6.92 Å². The van der Waals surface area contributed by atoms with Crippen LogP contribution in [-0.2, 0) is 14.9 Å². The summed E-state index contributed by atoms with van der Waals surface area (Å²) in [6, 6.07) is 5.07. The first kappa shape index (κ1) is 13.1. The van der Waals surface area contributed by atoms with Crippen molar-refractivity contribution in [1.82, 2.24) is 4.31 Å². The van der Waals surface area contributed by atoms with Crippen molar-refractivity contribution >= 4 is 21.6 Å². The molecule has 3 N–H and O–H groups in total. The fourth-order valence-corrected chi connectivity index (χ4v) is 3.06. The number of rotatable bonds is 3. The fraction of sp³-hybridized carbons (Fsp3) is 0.455. The average molecular weight is 271 g/mol. The maximum atomic E-state index is 12.1. The molecule has 0 radical (unpaired) electrons. The molecule has 1 aromatic carbocycles. The van der Waals surface area contributed by atoms with Gasteiger partial charge in [-0.05, 0) is 30.7 Å². The topological polar surface area (TPSA) is 84.7 Å². The van der Waals surface area contributed by atoms with Crippen LogP contribution in [0.25, 0.3) is 0 Å². The minimum absolute atomic E-state index is 0.378. The average Bonchev–Trinajstić information content (AvgIpc) is 2.34. The smallest absolute Gasteiger partial charge is 0.301 e. The van der Waals surface area contributed by atoms with Gasteiger partial charge in [0.1, 0.15) is 0 Å². The Hall–Kier alpha value is -1.31. The molecule has 1 aliphatic rings. The number of anilines is 2. The largest absolute Gasteiger partial charge is 0.399 e. The Bertz CT molecular complexity index is 524. The van der Waals surface area contributed by atoms with Crippen LogP contribution in [0.3, 0.4) is 0 Å². The number of morpholine rings is 1. The van der Waals surface area contributed by atoms with Crippen molar-refractivity contribution in [1.29, 1.82) is 0 Å². The maximum Gasteiger partial charge on any atom is 0.301 e. The van der Waals surface area contributed by atoms with Gasteiger partial charge in [0.15, 0.2) is 0 Å². The van der Waals surface area contributed by atoms with Crippen molar-refractivity contribution in [3.05, 3.63) is 23.8 Å². The summed E-state index contributed by atoms with van der Waals surface area (Å²) in [6.07, 6.45) is 0. The highest BCUT2D eigenvalue weighted by Crippen LogP contribution is 2.20. The van der Waals surface area contributed by atoms with Gasteiger partial charge in [0, 0.05) is 18.8 Å². The summed E-state index contributed by atoms with van der Waals surface area (Å²) < 4.78 is 33.3. The predicted molar refractivity (Wildman–Crippen MR) is 70.5 cm³/mol. The molecular formula is C11H17N3O3S. The first-order chi connectivity index (χ1) is 8.49. The van der Waals surface area contributed by atoms with Gasteiger partial charge in [-0.3, -0.25) is 4.72 Å². The van der Waals surface area contributed by atoms with Gasteiger partial charge in [-0.1, -0.05) is 0 Å². The van der Waals surface area contributed by atoms with Crippen LogP contribution >= 0.6 is 0 Å². The van der Waals surface area contributed by atoms with Crippen molar-refractivity contribution in [2.75, 3.05) is 36.8 Å². The Balaban J connectivity index is 2.16. The van der Waals surface area contributed by atoms with Crippen LogP contribution in [0.2, 0.25) is 0 Å². The molecule has 7 heteroatoms. The molecule has 0 spiro atoms. The van der Waals surface area contributed by atoms with Gasteiger partial charge >= 0.3 is 10.2 Å². The molecule has 1 aromatic rings. The van der Waals surface area contributed by atoms with Crippen molar-refractivity contribution in [2.24, 2.45) is 0 Å². The number of benzene rings is 1. The van der Waals surface area contributed by atoms with E-state index in [2.05, 4.69) is 4.72 Å². The lowest BCUT2D eigenvalue weighted by Crippen LogP contribution is -2.43. The van der Waals surface area contributed by atoms with E-state index in [1.54, 1.807) is 18.2 Å². The molecule has 0 bridgehead atoms. The fourth-order valence-electron chi connectivity index (χ4n) is 1.79. The molecular weight excluding hydrogens is 254 g/mol. The number of aryl methyl sites for hydroxylation is 1. The third-order valence-corrected chi connectivity index (χ3v) is 4.32. The molecule has 0 saturated carbocycles. The van der Waals surface area contributed by atoms with E-state index in [-0.39, 0.29) is 0 Å². The molecule has 1 heterocycles. The van der Waals surface area contributed by atoms with Crippen molar-refractivity contribution < 1.29 is 13.2 Å². The van der Waals surface area contributed by atoms with Crippen molar-refractivity contribution in [2.45, 2.75) is 6.92 Å². The first-order valence-electron chi connectivity index (χ1n) is 5.71. The zero-order valence-electron chi connectivity index (χ0n) is 10.2. The van der Waals surface area contributed by atoms with E-state index in [4.69, 9.17) is 10.5 Å². The Morgan fingerprint density at radius 1 is 1.33 bits per heavy atom. The second-order valence-corrected chi connectivity index (χ2v) is 5.86. The van der Waals surface area contributed by atoms with E-state index in [0.717, 1.165) is 5.56 Å². The van der Waals surface area contributed by atoms with Crippen LogP contribution in [0.5, 0.6) is 0 Å². The monoisotopic (exact) mass is 271 g/mol. The molecule has 2 rings (SSSR count). The molecule has 1 fully saturated rings. The third kappa shape index (κ3) is 2.92. The minimum atomic E-state index is -3.51. The second-order valence-electron chi connectivity index (χ2n) is 4.19. The van der Waals surface area contributed by atoms with E-state index >= 15 is 0 Å². The number of ether oxygens (including phenoxy) is 1. The van der Waals surface area contributed by atoms with Crippen LogP contribution in [0.15, 0.2) is 18.2 Å². The van der Waals surface area contributed by atoms with E-state index < -0.39 is 10.2 Å². The normalized spacial score (nSPS) is 17.6. The lowest BCUT2D eigenvalue weighted by molar-refractivity contribution is 0.0733. The molecule has 1 saturated heterocycles. The van der Waals surface area contributed by atoms with Crippen LogP contribution in [-0.4, -0.2) is 39.0 Å². The molecule has 0 aromatic heterocycles. The quantitative estimate of drug-likeness (QED) is 0.787. The highest BCUT2D eigenvalue weighted by atomic mass is 32.2. The molecule has 0 atom stereocenters. The van der Waals surface area contributed by atoms with Crippen molar-refractivity contribution in [3.8, 4) is 0 Å². The third-order valence-electron chi connectivity index (χ3n) is 2.80. The van der Waals surface area contributed by atoms with E-state index in [1.807, 2.05) is 6.92 Å². The van der Waals surface area contributed by atoms with E-state index in [9.17, 15) is 8.42 Å². The van der Waals surface area contributed by atoms with Gasteiger partial charge in [0.05, 0.1) is 18.9 Å². The summed E-state index contributed by atoms with van der Waals surface area (Å²) in [6.45, 7) is 3.43.